The summed E-state index contributed by atoms with van der Waals surface area (Å²) in [6.45, 7) is 0. The quantitative estimate of drug-likeness (QED) is 0.796. The fraction of sp³-hybridized carbons (Fsp3) is 0.231. The second-order valence-electron chi connectivity index (χ2n) is 4.31. The van der Waals surface area contributed by atoms with Crippen molar-refractivity contribution in [1.82, 2.24) is 0 Å². The molecule has 1 aliphatic carbocycles. The highest BCUT2D eigenvalue weighted by Crippen LogP contribution is 2.22. The van der Waals surface area contributed by atoms with Gasteiger partial charge in [-0.1, -0.05) is 24.3 Å². The van der Waals surface area contributed by atoms with Crippen LogP contribution in [-0.4, -0.2) is 5.54 Å². The predicted octanol–water partition coefficient (Wildman–Crippen LogP) is 1.87. The minimum atomic E-state index is -0.448. The molecule has 3 heteroatoms. The molecular formula is C13H15FN2. The van der Waals surface area contributed by atoms with Gasteiger partial charge in [-0.15, -0.1) is 0 Å². The zero-order valence-electron chi connectivity index (χ0n) is 8.99. The molecule has 16 heavy (non-hydrogen) atoms. The molecule has 84 valence electrons. The van der Waals surface area contributed by atoms with E-state index < -0.39 is 5.54 Å². The summed E-state index contributed by atoms with van der Waals surface area (Å²) >= 11 is 0. The normalized spacial score (nSPS) is 24.2. The van der Waals surface area contributed by atoms with E-state index in [4.69, 9.17) is 11.5 Å². The van der Waals surface area contributed by atoms with E-state index in [1.807, 2.05) is 18.2 Å². The van der Waals surface area contributed by atoms with E-state index in [1.54, 1.807) is 12.1 Å². The molecule has 2 nitrogen and oxygen atoms in total. The van der Waals surface area contributed by atoms with Gasteiger partial charge in [0.15, 0.2) is 0 Å². The molecule has 0 spiro atoms. The largest absolute Gasteiger partial charge is 0.402 e. The van der Waals surface area contributed by atoms with Gasteiger partial charge in [0.2, 0.25) is 0 Å². The van der Waals surface area contributed by atoms with Gasteiger partial charge in [-0.3, -0.25) is 0 Å². The number of benzene rings is 1. The van der Waals surface area contributed by atoms with Crippen molar-refractivity contribution >= 4 is 0 Å². The van der Waals surface area contributed by atoms with Crippen molar-refractivity contribution in [2.45, 2.75) is 18.4 Å². The topological polar surface area (TPSA) is 52.0 Å². The van der Waals surface area contributed by atoms with Crippen LogP contribution in [0.2, 0.25) is 0 Å². The first-order chi connectivity index (χ1) is 7.57. The Labute approximate surface area is 94.4 Å². The van der Waals surface area contributed by atoms with Crippen LogP contribution in [0.15, 0.2) is 48.2 Å². The van der Waals surface area contributed by atoms with Gasteiger partial charge >= 0.3 is 0 Å². The third-order valence-electron chi connectivity index (χ3n) is 2.72. The molecule has 1 aromatic carbocycles. The van der Waals surface area contributed by atoms with E-state index in [9.17, 15) is 4.39 Å². The summed E-state index contributed by atoms with van der Waals surface area (Å²) in [6, 6.07) is 6.41. The number of rotatable bonds is 2. The third kappa shape index (κ3) is 2.49. The Hall–Kier alpha value is -1.61. The lowest BCUT2D eigenvalue weighted by molar-refractivity contribution is 0.511. The Morgan fingerprint density at radius 3 is 2.56 bits per heavy atom. The summed E-state index contributed by atoms with van der Waals surface area (Å²) in [5.41, 5.74) is 13.3. The van der Waals surface area contributed by atoms with Crippen molar-refractivity contribution in [3.63, 3.8) is 0 Å². The lowest BCUT2D eigenvalue weighted by Crippen LogP contribution is -2.42. The molecule has 4 N–H and O–H groups in total. The number of hydrogen-bond acceptors (Lipinski definition) is 2. The van der Waals surface area contributed by atoms with Crippen LogP contribution in [0.5, 0.6) is 0 Å². The highest BCUT2D eigenvalue weighted by Gasteiger charge is 2.24. The van der Waals surface area contributed by atoms with Crippen molar-refractivity contribution in [3.8, 4) is 0 Å². The summed E-state index contributed by atoms with van der Waals surface area (Å²) < 4.78 is 12.7. The highest BCUT2D eigenvalue weighted by atomic mass is 19.1. The molecule has 2 rings (SSSR count). The predicted molar refractivity (Wildman–Crippen MR) is 63.0 cm³/mol. The Kier molecular flexibility index (Phi) is 2.79. The van der Waals surface area contributed by atoms with E-state index in [-0.39, 0.29) is 5.82 Å². The fourth-order valence-electron chi connectivity index (χ4n) is 1.96. The monoisotopic (exact) mass is 218 g/mol. The van der Waals surface area contributed by atoms with Crippen molar-refractivity contribution in [3.05, 3.63) is 59.6 Å². The SMILES string of the molecule is NC1=CC=CC(N)(Cc2ccc(F)cc2)C1. The maximum absolute atomic E-state index is 12.7. The maximum atomic E-state index is 12.7. The van der Waals surface area contributed by atoms with Crippen molar-refractivity contribution < 1.29 is 4.39 Å². The minimum Gasteiger partial charge on any atom is -0.402 e. The minimum absolute atomic E-state index is 0.228. The molecule has 1 atom stereocenters. The van der Waals surface area contributed by atoms with Crippen molar-refractivity contribution in [2.75, 3.05) is 0 Å². The summed E-state index contributed by atoms with van der Waals surface area (Å²) in [4.78, 5) is 0. The van der Waals surface area contributed by atoms with Gasteiger partial charge < -0.3 is 11.5 Å². The second-order valence-corrected chi connectivity index (χ2v) is 4.31. The van der Waals surface area contributed by atoms with Crippen molar-refractivity contribution in [1.29, 1.82) is 0 Å². The summed E-state index contributed by atoms with van der Waals surface area (Å²) in [5.74, 6) is -0.228. The van der Waals surface area contributed by atoms with Gasteiger partial charge in [0.25, 0.3) is 0 Å². The molecule has 0 saturated heterocycles. The molecule has 0 aliphatic heterocycles. The smallest absolute Gasteiger partial charge is 0.123 e. The lowest BCUT2D eigenvalue weighted by atomic mass is 9.84. The van der Waals surface area contributed by atoms with Crippen LogP contribution in [0, 0.1) is 5.82 Å². The maximum Gasteiger partial charge on any atom is 0.123 e. The number of allylic oxidation sites excluding steroid dienone is 2. The average Bonchev–Trinajstić information content (AvgIpc) is 2.21. The molecule has 0 radical (unpaired) electrons. The van der Waals surface area contributed by atoms with Gasteiger partial charge in [-0.2, -0.15) is 0 Å². The zero-order valence-corrected chi connectivity index (χ0v) is 8.99. The first-order valence-corrected chi connectivity index (χ1v) is 5.25. The number of hydrogen-bond donors (Lipinski definition) is 2. The Morgan fingerprint density at radius 1 is 1.25 bits per heavy atom. The average molecular weight is 218 g/mol. The first-order valence-electron chi connectivity index (χ1n) is 5.25. The molecule has 0 heterocycles. The van der Waals surface area contributed by atoms with Crippen LogP contribution >= 0.6 is 0 Å². The third-order valence-corrected chi connectivity index (χ3v) is 2.72. The first kappa shape index (κ1) is 10.9. The van der Waals surface area contributed by atoms with E-state index in [0.29, 0.717) is 12.8 Å². The van der Waals surface area contributed by atoms with E-state index in [1.165, 1.54) is 12.1 Å². The highest BCUT2D eigenvalue weighted by molar-refractivity contribution is 5.29. The Balaban J connectivity index is 2.13. The van der Waals surface area contributed by atoms with Gasteiger partial charge in [-0.25, -0.2) is 4.39 Å². The van der Waals surface area contributed by atoms with E-state index in [2.05, 4.69) is 0 Å². The van der Waals surface area contributed by atoms with Gasteiger partial charge in [0.1, 0.15) is 5.82 Å². The standard InChI is InChI=1S/C13H15FN2/c14-11-5-3-10(4-6-11)8-13(16)7-1-2-12(15)9-13/h1-7H,8-9,15-16H2. The van der Waals surface area contributed by atoms with Crippen LogP contribution in [0.3, 0.4) is 0 Å². The number of nitrogens with two attached hydrogens (primary N) is 2. The van der Waals surface area contributed by atoms with Crippen LogP contribution in [0.4, 0.5) is 4.39 Å². The van der Waals surface area contributed by atoms with Crippen LogP contribution < -0.4 is 11.5 Å². The zero-order chi connectivity index (χ0) is 11.6. The summed E-state index contributed by atoms with van der Waals surface area (Å²) in [7, 11) is 0. The van der Waals surface area contributed by atoms with E-state index >= 15 is 0 Å². The van der Waals surface area contributed by atoms with E-state index in [0.717, 1.165) is 11.3 Å². The molecule has 0 fully saturated rings. The molecule has 1 unspecified atom stereocenters. The molecule has 0 aromatic heterocycles. The molecule has 0 amide bonds. The number of halogens is 1. The van der Waals surface area contributed by atoms with Gasteiger partial charge in [0.05, 0.1) is 0 Å². The second kappa shape index (κ2) is 4.10. The summed E-state index contributed by atoms with van der Waals surface area (Å²) in [5, 5.41) is 0. The molecule has 1 aromatic rings. The van der Waals surface area contributed by atoms with Crippen LogP contribution in [0.25, 0.3) is 0 Å². The van der Waals surface area contributed by atoms with Crippen LogP contribution in [0.1, 0.15) is 12.0 Å². The fourth-order valence-corrected chi connectivity index (χ4v) is 1.96. The molecular weight excluding hydrogens is 203 g/mol. The van der Waals surface area contributed by atoms with Crippen LogP contribution in [-0.2, 0) is 6.42 Å². The Morgan fingerprint density at radius 2 is 1.94 bits per heavy atom. The van der Waals surface area contributed by atoms with Gasteiger partial charge in [0, 0.05) is 17.7 Å². The van der Waals surface area contributed by atoms with Crippen molar-refractivity contribution in [2.24, 2.45) is 11.5 Å². The summed E-state index contributed by atoms with van der Waals surface area (Å²) in [6.07, 6.45) is 6.99. The van der Waals surface area contributed by atoms with Gasteiger partial charge in [-0.05, 0) is 30.2 Å². The Bertz CT molecular complexity index is 434. The molecule has 1 aliphatic rings. The molecule has 0 saturated carbocycles. The molecule has 0 bridgehead atoms. The lowest BCUT2D eigenvalue weighted by Gasteiger charge is -2.28.